The van der Waals surface area contributed by atoms with Crippen LogP contribution in [0.5, 0.6) is 0 Å². The molecule has 1 unspecified atom stereocenters. The first kappa shape index (κ1) is 19.9. The summed E-state index contributed by atoms with van der Waals surface area (Å²) in [7, 11) is 2.16. The fourth-order valence-electron chi connectivity index (χ4n) is 4.37. The summed E-state index contributed by atoms with van der Waals surface area (Å²) in [5.41, 5.74) is 5.58. The molecule has 0 radical (unpaired) electrons. The second kappa shape index (κ2) is 8.25. The number of fused-ring (bicyclic) bond motifs is 1. The summed E-state index contributed by atoms with van der Waals surface area (Å²) in [6.45, 7) is 2.17. The van der Waals surface area contributed by atoms with Gasteiger partial charge in [-0.05, 0) is 73.5 Å². The van der Waals surface area contributed by atoms with Gasteiger partial charge in [-0.3, -0.25) is 4.79 Å². The number of nitrogens with one attached hydrogen (secondary N) is 1. The Labute approximate surface area is 186 Å². The number of anilines is 1. The number of likely N-dealkylation sites (N-methyl/N-ethyl adjacent to an activating group) is 1. The SMILES string of the molecule is CN1CCC(c2cc(-c3ccc(C(=O)Nc4cc(C#N)ccn4)cc3)n3cnccc23)C1. The van der Waals surface area contributed by atoms with E-state index in [1.807, 2.05) is 30.7 Å². The van der Waals surface area contributed by atoms with Crippen molar-refractivity contribution in [1.29, 1.82) is 5.26 Å². The molecule has 7 nitrogen and oxygen atoms in total. The number of benzene rings is 1. The van der Waals surface area contributed by atoms with Gasteiger partial charge in [0, 0.05) is 24.5 Å². The second-order valence-electron chi connectivity index (χ2n) is 8.14. The standard InChI is InChI=1S/C25H22N6O/c1-30-11-8-20(15-30)21-13-23(31-16-27-9-7-22(21)31)18-2-4-19(5-3-18)25(32)29-24-12-17(14-26)6-10-28-24/h2-7,9-10,12-13,16,20H,8,11,15H2,1H3,(H,28,29,32). The molecule has 1 aliphatic heterocycles. The number of hydrogen-bond donors (Lipinski definition) is 1. The minimum atomic E-state index is -0.268. The number of nitrogens with zero attached hydrogens (tertiary/aromatic N) is 5. The molecule has 4 heterocycles. The number of aromatic nitrogens is 3. The van der Waals surface area contributed by atoms with Crippen LogP contribution in [0.4, 0.5) is 5.82 Å². The van der Waals surface area contributed by atoms with E-state index in [0.717, 1.165) is 30.8 Å². The first-order chi connectivity index (χ1) is 15.6. The van der Waals surface area contributed by atoms with Crippen molar-refractivity contribution in [3.05, 3.63) is 83.9 Å². The summed E-state index contributed by atoms with van der Waals surface area (Å²) in [5.74, 6) is 0.594. The van der Waals surface area contributed by atoms with Crippen LogP contribution in [0.1, 0.15) is 33.8 Å². The Morgan fingerprint density at radius 1 is 1.16 bits per heavy atom. The normalized spacial score (nSPS) is 16.2. The number of amides is 1. The topological polar surface area (TPSA) is 86.3 Å². The molecule has 1 fully saturated rings. The van der Waals surface area contributed by atoms with Crippen LogP contribution in [0.25, 0.3) is 16.8 Å². The van der Waals surface area contributed by atoms with Crippen molar-refractivity contribution in [2.45, 2.75) is 12.3 Å². The van der Waals surface area contributed by atoms with Crippen molar-refractivity contribution < 1.29 is 4.79 Å². The molecule has 1 aliphatic rings. The molecule has 0 spiro atoms. The lowest BCUT2D eigenvalue weighted by atomic mass is 9.98. The lowest BCUT2D eigenvalue weighted by molar-refractivity contribution is 0.102. The Balaban J connectivity index is 1.43. The highest BCUT2D eigenvalue weighted by atomic mass is 16.1. The largest absolute Gasteiger partial charge is 0.307 e. The Kier molecular flexibility index (Phi) is 5.13. The zero-order chi connectivity index (χ0) is 22.1. The monoisotopic (exact) mass is 422 g/mol. The summed E-state index contributed by atoms with van der Waals surface area (Å²) in [6, 6.07) is 17.0. The van der Waals surface area contributed by atoms with Gasteiger partial charge in [-0.15, -0.1) is 0 Å². The van der Waals surface area contributed by atoms with Crippen molar-refractivity contribution in [2.75, 3.05) is 25.5 Å². The molecule has 5 rings (SSSR count). The van der Waals surface area contributed by atoms with Crippen molar-refractivity contribution in [2.24, 2.45) is 0 Å². The van der Waals surface area contributed by atoms with Crippen molar-refractivity contribution in [1.82, 2.24) is 19.3 Å². The molecule has 1 atom stereocenters. The third kappa shape index (κ3) is 3.72. The maximum absolute atomic E-state index is 12.6. The van der Waals surface area contributed by atoms with Gasteiger partial charge in [0.2, 0.25) is 0 Å². The van der Waals surface area contributed by atoms with Crippen LogP contribution in [0.2, 0.25) is 0 Å². The van der Waals surface area contributed by atoms with Gasteiger partial charge in [-0.2, -0.15) is 5.26 Å². The van der Waals surface area contributed by atoms with Gasteiger partial charge >= 0.3 is 0 Å². The Morgan fingerprint density at radius 2 is 2.00 bits per heavy atom. The molecule has 4 aromatic rings. The summed E-state index contributed by atoms with van der Waals surface area (Å²) in [4.78, 5) is 23.4. The van der Waals surface area contributed by atoms with E-state index in [0.29, 0.717) is 22.9 Å². The van der Waals surface area contributed by atoms with Crippen LogP contribution in [-0.2, 0) is 0 Å². The lowest BCUT2D eigenvalue weighted by Gasteiger charge is -2.09. The average molecular weight is 422 g/mol. The van der Waals surface area contributed by atoms with Crippen LogP contribution >= 0.6 is 0 Å². The van der Waals surface area contributed by atoms with E-state index in [1.54, 1.807) is 24.3 Å². The Morgan fingerprint density at radius 3 is 2.75 bits per heavy atom. The molecule has 3 aromatic heterocycles. The van der Waals surface area contributed by atoms with E-state index in [2.05, 4.69) is 43.8 Å². The molecule has 1 saturated heterocycles. The average Bonchev–Trinajstić information content (AvgIpc) is 3.43. The number of likely N-dealkylation sites (tertiary alicyclic amines) is 1. The molecule has 1 aromatic carbocycles. The fraction of sp³-hybridized carbons (Fsp3) is 0.200. The summed E-state index contributed by atoms with van der Waals surface area (Å²) in [5, 5.41) is 11.8. The molecule has 0 saturated carbocycles. The summed E-state index contributed by atoms with van der Waals surface area (Å²) < 4.78 is 2.13. The predicted octanol–water partition coefficient (Wildman–Crippen LogP) is 3.94. The van der Waals surface area contributed by atoms with Crippen LogP contribution in [0, 0.1) is 11.3 Å². The number of hydrogen-bond acceptors (Lipinski definition) is 5. The van der Waals surface area contributed by atoms with E-state index >= 15 is 0 Å². The van der Waals surface area contributed by atoms with Crippen LogP contribution in [-0.4, -0.2) is 45.3 Å². The molecule has 0 aliphatic carbocycles. The van der Waals surface area contributed by atoms with E-state index in [1.165, 1.54) is 17.3 Å². The minimum absolute atomic E-state index is 0.268. The van der Waals surface area contributed by atoms with E-state index in [9.17, 15) is 4.79 Å². The number of nitriles is 1. The fourth-order valence-corrected chi connectivity index (χ4v) is 4.37. The third-order valence-corrected chi connectivity index (χ3v) is 6.01. The predicted molar refractivity (Wildman–Crippen MR) is 122 cm³/mol. The van der Waals surface area contributed by atoms with Gasteiger partial charge in [-0.1, -0.05) is 12.1 Å². The van der Waals surface area contributed by atoms with E-state index < -0.39 is 0 Å². The van der Waals surface area contributed by atoms with E-state index in [4.69, 9.17) is 5.26 Å². The maximum atomic E-state index is 12.6. The van der Waals surface area contributed by atoms with Gasteiger partial charge in [0.1, 0.15) is 5.82 Å². The van der Waals surface area contributed by atoms with Crippen molar-refractivity contribution >= 4 is 17.2 Å². The van der Waals surface area contributed by atoms with Crippen LogP contribution in [0.3, 0.4) is 0 Å². The first-order valence-corrected chi connectivity index (χ1v) is 10.5. The van der Waals surface area contributed by atoms with Gasteiger partial charge in [0.05, 0.1) is 29.2 Å². The van der Waals surface area contributed by atoms with Gasteiger partial charge in [-0.25, -0.2) is 9.97 Å². The molecule has 1 amide bonds. The molecule has 7 heteroatoms. The number of carbonyl (C=O) groups excluding carboxylic acids is 1. The molecular weight excluding hydrogens is 400 g/mol. The summed E-state index contributed by atoms with van der Waals surface area (Å²) in [6.07, 6.45) is 6.34. The highest BCUT2D eigenvalue weighted by Gasteiger charge is 2.25. The second-order valence-corrected chi connectivity index (χ2v) is 8.14. The third-order valence-electron chi connectivity index (χ3n) is 6.01. The smallest absolute Gasteiger partial charge is 0.256 e. The number of pyridine rings is 1. The number of rotatable bonds is 4. The Bertz CT molecular complexity index is 1330. The molecular formula is C25H22N6O. The van der Waals surface area contributed by atoms with Gasteiger partial charge in [0.25, 0.3) is 5.91 Å². The first-order valence-electron chi connectivity index (χ1n) is 10.5. The van der Waals surface area contributed by atoms with E-state index in [-0.39, 0.29) is 5.91 Å². The molecule has 158 valence electrons. The maximum Gasteiger partial charge on any atom is 0.256 e. The minimum Gasteiger partial charge on any atom is -0.307 e. The van der Waals surface area contributed by atoms with Gasteiger partial charge < -0.3 is 14.6 Å². The Hall–Kier alpha value is -4.02. The zero-order valence-electron chi connectivity index (χ0n) is 17.7. The molecule has 1 N–H and O–H groups in total. The van der Waals surface area contributed by atoms with Crippen LogP contribution < -0.4 is 5.32 Å². The lowest BCUT2D eigenvalue weighted by Crippen LogP contribution is -2.13. The van der Waals surface area contributed by atoms with Gasteiger partial charge in [0.15, 0.2) is 0 Å². The highest BCUT2D eigenvalue weighted by Crippen LogP contribution is 2.34. The quantitative estimate of drug-likeness (QED) is 0.538. The van der Waals surface area contributed by atoms with Crippen LogP contribution in [0.15, 0.2) is 67.3 Å². The van der Waals surface area contributed by atoms with Crippen molar-refractivity contribution in [3.8, 4) is 17.3 Å². The van der Waals surface area contributed by atoms with Crippen molar-refractivity contribution in [3.63, 3.8) is 0 Å². The highest BCUT2D eigenvalue weighted by molar-refractivity contribution is 6.04. The number of carbonyl (C=O) groups is 1. The zero-order valence-corrected chi connectivity index (χ0v) is 17.7. The summed E-state index contributed by atoms with van der Waals surface area (Å²) >= 11 is 0. The molecule has 32 heavy (non-hydrogen) atoms. The molecule has 0 bridgehead atoms.